The zero-order valence-electron chi connectivity index (χ0n) is 19.8. The van der Waals surface area contributed by atoms with Crippen molar-refractivity contribution in [3.8, 4) is 11.8 Å². The van der Waals surface area contributed by atoms with Crippen LogP contribution in [-0.2, 0) is 10.2 Å². The molecule has 2 aromatic carbocycles. The predicted molar refractivity (Wildman–Crippen MR) is 128 cm³/mol. The molecule has 4 rings (SSSR count). The van der Waals surface area contributed by atoms with Crippen LogP contribution < -0.4 is 10.1 Å². The number of H-pyrrole nitrogens is 1. The Bertz CT molecular complexity index is 1300. The van der Waals surface area contributed by atoms with E-state index in [-0.39, 0.29) is 11.4 Å². The van der Waals surface area contributed by atoms with Gasteiger partial charge in [-0.3, -0.25) is 4.79 Å². The van der Waals surface area contributed by atoms with Crippen LogP contribution in [0.25, 0.3) is 10.9 Å². The number of benzene rings is 2. The second-order valence-electron chi connectivity index (χ2n) is 9.82. The minimum Gasteiger partial charge on any atom is -0.492 e. The first-order valence-corrected chi connectivity index (χ1v) is 11.0. The molecule has 0 atom stereocenters. The summed E-state index contributed by atoms with van der Waals surface area (Å²) in [4.78, 5) is 16.8. The third-order valence-electron chi connectivity index (χ3n) is 5.81. The number of nitriles is 1. The maximum atomic E-state index is 13.4. The zero-order valence-corrected chi connectivity index (χ0v) is 19.8. The van der Waals surface area contributed by atoms with E-state index in [0.29, 0.717) is 41.5 Å². The highest BCUT2D eigenvalue weighted by Crippen LogP contribution is 2.44. The minimum atomic E-state index is -0.434. The summed E-state index contributed by atoms with van der Waals surface area (Å²) in [6, 6.07) is 13.2. The molecule has 2 N–H and O–H groups in total. The Hall–Kier alpha value is -3.72. The molecule has 0 saturated heterocycles. The number of hydrogen-bond acceptors (Lipinski definition) is 5. The first-order chi connectivity index (χ1) is 15.5. The van der Waals surface area contributed by atoms with Crippen molar-refractivity contribution >= 4 is 16.7 Å². The van der Waals surface area contributed by atoms with Gasteiger partial charge in [0.1, 0.15) is 18.0 Å². The molecule has 0 unspecified atom stereocenters. The van der Waals surface area contributed by atoms with E-state index >= 15 is 0 Å². The third-order valence-corrected chi connectivity index (χ3v) is 5.81. The maximum Gasteiger partial charge on any atom is 0.195 e. The summed E-state index contributed by atoms with van der Waals surface area (Å²) < 4.78 is 11.6. The molecule has 0 radical (unpaired) electrons. The summed E-state index contributed by atoms with van der Waals surface area (Å²) in [7, 11) is 0. The smallest absolute Gasteiger partial charge is 0.195 e. The monoisotopic (exact) mass is 443 g/mol. The van der Waals surface area contributed by atoms with E-state index in [1.807, 2.05) is 45.0 Å². The van der Waals surface area contributed by atoms with Crippen LogP contribution in [0, 0.1) is 11.3 Å². The molecule has 1 aliphatic carbocycles. The van der Waals surface area contributed by atoms with Crippen LogP contribution in [0.2, 0.25) is 0 Å². The molecular formula is C27H29N3O3. The second-order valence-corrected chi connectivity index (χ2v) is 9.82. The Morgan fingerprint density at radius 3 is 2.67 bits per heavy atom. The van der Waals surface area contributed by atoms with Gasteiger partial charge in [-0.1, -0.05) is 19.9 Å². The van der Waals surface area contributed by atoms with Gasteiger partial charge in [0.15, 0.2) is 11.7 Å². The highest BCUT2D eigenvalue weighted by Gasteiger charge is 2.39. The van der Waals surface area contributed by atoms with Gasteiger partial charge in [-0.15, -0.1) is 0 Å². The summed E-state index contributed by atoms with van der Waals surface area (Å²) in [5.74, 6) is 1.19. The first kappa shape index (κ1) is 22.5. The van der Waals surface area contributed by atoms with Crippen LogP contribution in [-0.4, -0.2) is 29.5 Å². The number of nitrogens with zero attached hydrogens (tertiary/aromatic N) is 1. The van der Waals surface area contributed by atoms with Crippen molar-refractivity contribution in [3.05, 3.63) is 76.8 Å². The van der Waals surface area contributed by atoms with Gasteiger partial charge >= 0.3 is 0 Å². The van der Waals surface area contributed by atoms with Crippen molar-refractivity contribution in [2.45, 2.75) is 45.6 Å². The van der Waals surface area contributed by atoms with Crippen molar-refractivity contribution in [1.29, 1.82) is 5.26 Å². The second kappa shape index (κ2) is 8.00. The molecular weight excluding hydrogens is 414 g/mol. The Labute approximate surface area is 194 Å². The number of carbonyl (C=O) groups excluding carboxylic acids is 1. The molecule has 170 valence electrons. The predicted octanol–water partition coefficient (Wildman–Crippen LogP) is 5.16. The van der Waals surface area contributed by atoms with E-state index in [9.17, 15) is 10.1 Å². The van der Waals surface area contributed by atoms with Crippen LogP contribution in [0.1, 0.15) is 67.4 Å². The molecule has 33 heavy (non-hydrogen) atoms. The molecule has 1 aliphatic rings. The average Bonchev–Trinajstić information content (AvgIpc) is 3.14. The summed E-state index contributed by atoms with van der Waals surface area (Å²) in [5.41, 5.74) is 3.75. The molecule has 0 fully saturated rings. The van der Waals surface area contributed by atoms with Crippen LogP contribution in [0.4, 0.5) is 0 Å². The molecule has 3 aromatic rings. The minimum absolute atomic E-state index is 0.0147. The first-order valence-electron chi connectivity index (χ1n) is 11.0. The van der Waals surface area contributed by atoms with E-state index in [2.05, 4.69) is 36.8 Å². The van der Waals surface area contributed by atoms with Gasteiger partial charge in [0.05, 0.1) is 23.7 Å². The van der Waals surface area contributed by atoms with Crippen molar-refractivity contribution in [2.24, 2.45) is 0 Å². The van der Waals surface area contributed by atoms with E-state index < -0.39 is 5.41 Å². The molecule has 0 saturated carbocycles. The number of rotatable bonds is 6. The van der Waals surface area contributed by atoms with Crippen LogP contribution in [0.15, 0.2) is 48.9 Å². The van der Waals surface area contributed by atoms with Gasteiger partial charge < -0.3 is 19.8 Å². The molecule has 0 bridgehead atoms. The van der Waals surface area contributed by atoms with Crippen molar-refractivity contribution in [1.82, 2.24) is 10.3 Å². The summed E-state index contributed by atoms with van der Waals surface area (Å²) in [5, 5.41) is 13.2. The number of ether oxygens (including phenoxy) is 2. The number of nitrogens with one attached hydrogen (secondary N) is 2. The molecule has 6 heteroatoms. The molecule has 0 amide bonds. The standard InChI is InChI=1S/C27H29N3O3/c1-16(33-26(2,3)4)29-11-12-32-18-8-10-19-21(14-18)27(5,6)25-23(24(19)31)20-9-7-17(15-28)13-22(20)30-25/h7-10,13-14,29-30H,1,11-12H2,2-6H3. The zero-order chi connectivity index (χ0) is 24.0. The Morgan fingerprint density at radius 1 is 1.21 bits per heavy atom. The van der Waals surface area contributed by atoms with E-state index in [4.69, 9.17) is 9.47 Å². The lowest BCUT2D eigenvalue weighted by atomic mass is 9.71. The van der Waals surface area contributed by atoms with E-state index in [1.165, 1.54) is 0 Å². The van der Waals surface area contributed by atoms with Gasteiger partial charge in [0, 0.05) is 27.6 Å². The lowest BCUT2D eigenvalue weighted by Gasteiger charge is -2.32. The van der Waals surface area contributed by atoms with Crippen LogP contribution in [0.5, 0.6) is 5.75 Å². The maximum absolute atomic E-state index is 13.4. The number of fused-ring (bicyclic) bond motifs is 4. The number of hydrogen-bond donors (Lipinski definition) is 2. The molecule has 0 spiro atoms. The van der Waals surface area contributed by atoms with Gasteiger partial charge in [0.25, 0.3) is 0 Å². The normalized spacial score (nSPS) is 14.2. The lowest BCUT2D eigenvalue weighted by Crippen LogP contribution is -2.30. The summed E-state index contributed by atoms with van der Waals surface area (Å²) >= 11 is 0. The Kier molecular flexibility index (Phi) is 5.45. The summed E-state index contributed by atoms with van der Waals surface area (Å²) in [6.07, 6.45) is 0. The highest BCUT2D eigenvalue weighted by atomic mass is 16.5. The third kappa shape index (κ3) is 4.19. The lowest BCUT2D eigenvalue weighted by molar-refractivity contribution is 0.0407. The highest BCUT2D eigenvalue weighted by molar-refractivity contribution is 6.20. The van der Waals surface area contributed by atoms with Crippen molar-refractivity contribution in [3.63, 3.8) is 0 Å². The van der Waals surface area contributed by atoms with Crippen molar-refractivity contribution in [2.75, 3.05) is 13.2 Å². The molecule has 1 aromatic heterocycles. The fourth-order valence-corrected chi connectivity index (χ4v) is 4.33. The SMILES string of the molecule is C=C(NCCOc1ccc2c(c1)C(C)(C)c1[nH]c3cc(C#N)ccc3c1C2=O)OC(C)(C)C. The van der Waals surface area contributed by atoms with Gasteiger partial charge in [-0.25, -0.2) is 0 Å². The summed E-state index contributed by atoms with van der Waals surface area (Å²) in [6.45, 7) is 14.9. The Balaban J connectivity index is 1.56. The largest absolute Gasteiger partial charge is 0.492 e. The number of aromatic nitrogens is 1. The van der Waals surface area contributed by atoms with E-state index in [0.717, 1.165) is 22.2 Å². The fourth-order valence-electron chi connectivity index (χ4n) is 4.33. The van der Waals surface area contributed by atoms with Gasteiger partial charge in [-0.2, -0.15) is 5.26 Å². The number of carbonyl (C=O) groups is 1. The van der Waals surface area contributed by atoms with Crippen molar-refractivity contribution < 1.29 is 14.3 Å². The van der Waals surface area contributed by atoms with E-state index in [1.54, 1.807) is 12.1 Å². The average molecular weight is 444 g/mol. The molecule has 1 heterocycles. The van der Waals surface area contributed by atoms with Crippen LogP contribution in [0.3, 0.4) is 0 Å². The van der Waals surface area contributed by atoms with Gasteiger partial charge in [-0.05, 0) is 63.2 Å². The molecule has 0 aliphatic heterocycles. The Morgan fingerprint density at radius 2 is 1.97 bits per heavy atom. The number of aromatic amines is 1. The van der Waals surface area contributed by atoms with Crippen LogP contribution >= 0.6 is 0 Å². The number of ketones is 1. The molecule has 6 nitrogen and oxygen atoms in total. The topological polar surface area (TPSA) is 87.1 Å². The quantitative estimate of drug-likeness (QED) is 0.406. The van der Waals surface area contributed by atoms with Gasteiger partial charge in [0.2, 0.25) is 0 Å². The fraction of sp³-hybridized carbons (Fsp3) is 0.333.